The summed E-state index contributed by atoms with van der Waals surface area (Å²) in [5.74, 6) is 0.145. The molecule has 0 saturated heterocycles. The smallest absolute Gasteiger partial charge is 0.240 e. The van der Waals surface area contributed by atoms with Crippen molar-refractivity contribution in [2.45, 2.75) is 11.8 Å². The zero-order chi connectivity index (χ0) is 28.3. The van der Waals surface area contributed by atoms with Crippen molar-refractivity contribution in [2.24, 2.45) is 0 Å². The quantitative estimate of drug-likeness (QED) is 0.217. The molecule has 0 saturated carbocycles. The molecule has 1 aliphatic heterocycles. The molecule has 4 heterocycles. The first-order chi connectivity index (χ1) is 20.0. The molecule has 1 aliphatic rings. The van der Waals surface area contributed by atoms with E-state index >= 15 is 0 Å². The van der Waals surface area contributed by atoms with Gasteiger partial charge in [-0.1, -0.05) is 59.6 Å². The lowest BCUT2D eigenvalue weighted by molar-refractivity contribution is -0.123. The lowest BCUT2D eigenvalue weighted by atomic mass is 10.0. The fourth-order valence-corrected chi connectivity index (χ4v) is 7.06. The molecule has 11 heteroatoms. The number of carbonyl (C=O) groups is 2. The normalized spacial score (nSPS) is 14.9. The minimum absolute atomic E-state index is 0.159. The van der Waals surface area contributed by atoms with Gasteiger partial charge in [0.1, 0.15) is 18.1 Å². The molecule has 0 radical (unpaired) electrons. The number of fused-ring (bicyclic) bond motifs is 1. The van der Waals surface area contributed by atoms with Crippen molar-refractivity contribution >= 4 is 63.9 Å². The van der Waals surface area contributed by atoms with Crippen LogP contribution in [0.25, 0.3) is 16.3 Å². The van der Waals surface area contributed by atoms with Crippen LogP contribution in [0.2, 0.25) is 10.0 Å². The molecule has 0 spiro atoms. The Morgan fingerprint density at radius 1 is 1.02 bits per heavy atom. The van der Waals surface area contributed by atoms with Gasteiger partial charge in [-0.15, -0.1) is 23.1 Å². The Morgan fingerprint density at radius 3 is 2.63 bits per heavy atom. The van der Waals surface area contributed by atoms with Gasteiger partial charge in [0, 0.05) is 16.8 Å². The third-order valence-electron chi connectivity index (χ3n) is 6.57. The van der Waals surface area contributed by atoms with Crippen LogP contribution in [-0.4, -0.2) is 38.9 Å². The van der Waals surface area contributed by atoms with E-state index in [2.05, 4.69) is 10.3 Å². The van der Waals surface area contributed by atoms with Crippen molar-refractivity contribution < 1.29 is 9.59 Å². The van der Waals surface area contributed by atoms with Crippen molar-refractivity contribution in [1.29, 1.82) is 0 Å². The summed E-state index contributed by atoms with van der Waals surface area (Å²) in [5.41, 5.74) is 3.82. The van der Waals surface area contributed by atoms with Crippen LogP contribution >= 0.6 is 46.3 Å². The number of halogens is 2. The van der Waals surface area contributed by atoms with Crippen LogP contribution in [0.5, 0.6) is 0 Å². The predicted molar refractivity (Wildman–Crippen MR) is 166 cm³/mol. The molecule has 206 valence electrons. The first-order valence-electron chi connectivity index (χ1n) is 12.8. The summed E-state index contributed by atoms with van der Waals surface area (Å²) >= 11 is 16.2. The minimum atomic E-state index is -0.314. The highest BCUT2D eigenvalue weighted by Crippen LogP contribution is 2.49. The summed E-state index contributed by atoms with van der Waals surface area (Å²) in [4.78, 5) is 33.8. The number of benzene rings is 2. The Labute approximate surface area is 255 Å². The summed E-state index contributed by atoms with van der Waals surface area (Å²) in [5, 5.41) is 10.7. The van der Waals surface area contributed by atoms with Gasteiger partial charge in [0.05, 0.1) is 38.8 Å². The minimum Gasteiger partial charge on any atom is -0.349 e. The van der Waals surface area contributed by atoms with Gasteiger partial charge in [0.2, 0.25) is 11.8 Å². The van der Waals surface area contributed by atoms with Gasteiger partial charge >= 0.3 is 0 Å². The van der Waals surface area contributed by atoms with E-state index in [0.717, 1.165) is 27.4 Å². The second kappa shape index (κ2) is 12.1. The van der Waals surface area contributed by atoms with Gasteiger partial charge in [0.25, 0.3) is 0 Å². The molecule has 2 aromatic carbocycles. The summed E-state index contributed by atoms with van der Waals surface area (Å²) in [6, 6.07) is 24.4. The van der Waals surface area contributed by atoms with Crippen molar-refractivity contribution in [3.05, 3.63) is 117 Å². The highest BCUT2D eigenvalue weighted by molar-refractivity contribution is 8.00. The lowest BCUT2D eigenvalue weighted by Gasteiger charge is -2.23. The molecular formula is C30H23Cl2N5O2S2. The number of amides is 2. The van der Waals surface area contributed by atoms with Crippen LogP contribution in [0, 0.1) is 0 Å². The third-order valence-corrected chi connectivity index (χ3v) is 9.26. The zero-order valence-corrected chi connectivity index (χ0v) is 24.7. The first kappa shape index (κ1) is 27.5. The SMILES string of the molecule is O=C(CN1C(=O)CS[C@H](c2cccc(Cl)c2)c2c(-c3cccs3)nn(-c3ccccc3Cl)c21)NCc1ccccn1. The maximum Gasteiger partial charge on any atom is 0.240 e. The van der Waals surface area contributed by atoms with Gasteiger partial charge in [0.15, 0.2) is 0 Å². The number of thioether (sulfide) groups is 1. The first-order valence-corrected chi connectivity index (χ1v) is 15.4. The number of aromatic nitrogens is 3. The third kappa shape index (κ3) is 5.76. The number of thiophene rings is 1. The van der Waals surface area contributed by atoms with Gasteiger partial charge in [-0.2, -0.15) is 5.10 Å². The van der Waals surface area contributed by atoms with E-state index in [0.29, 0.717) is 21.6 Å². The Balaban J connectivity index is 1.51. The lowest BCUT2D eigenvalue weighted by Crippen LogP contribution is -2.42. The van der Waals surface area contributed by atoms with E-state index in [9.17, 15) is 9.59 Å². The standard InChI is InChI=1S/C30H23Cl2N5O2S2/c31-20-8-5-7-19(15-20)29-27-28(24-12-6-14-40-24)35-37(23-11-2-1-10-22(23)32)30(27)36(26(39)18-41-29)17-25(38)34-16-21-9-3-4-13-33-21/h1-15,29H,16-18H2,(H,34,38)/t29-/m1/s1. The largest absolute Gasteiger partial charge is 0.349 e. The van der Waals surface area contributed by atoms with Gasteiger partial charge < -0.3 is 5.32 Å². The predicted octanol–water partition coefficient (Wildman–Crippen LogP) is 6.79. The van der Waals surface area contributed by atoms with Crippen LogP contribution in [0.3, 0.4) is 0 Å². The second-order valence-corrected chi connectivity index (χ2v) is 12.1. The number of anilines is 1. The van der Waals surface area contributed by atoms with Gasteiger partial charge in [-0.05, 0) is 53.4 Å². The van der Waals surface area contributed by atoms with Crippen LogP contribution in [0.1, 0.15) is 22.1 Å². The highest BCUT2D eigenvalue weighted by atomic mass is 35.5. The Morgan fingerprint density at radius 2 is 1.88 bits per heavy atom. The van der Waals surface area contributed by atoms with Crippen molar-refractivity contribution in [3.63, 3.8) is 0 Å². The fraction of sp³-hybridized carbons (Fsp3) is 0.133. The monoisotopic (exact) mass is 619 g/mol. The highest BCUT2D eigenvalue weighted by Gasteiger charge is 2.38. The van der Waals surface area contributed by atoms with Crippen molar-refractivity contribution in [2.75, 3.05) is 17.2 Å². The molecule has 1 N–H and O–H groups in total. The molecule has 0 bridgehead atoms. The topological polar surface area (TPSA) is 80.1 Å². The van der Waals surface area contributed by atoms with E-state index in [1.807, 2.05) is 78.2 Å². The van der Waals surface area contributed by atoms with E-state index in [1.54, 1.807) is 28.3 Å². The number of rotatable bonds is 7. The summed E-state index contributed by atoms with van der Waals surface area (Å²) in [7, 11) is 0. The van der Waals surface area contributed by atoms with Crippen LogP contribution in [-0.2, 0) is 16.1 Å². The molecule has 0 aliphatic carbocycles. The fourth-order valence-electron chi connectivity index (χ4n) is 4.73. The Hall–Kier alpha value is -3.63. The molecule has 41 heavy (non-hydrogen) atoms. The Bertz CT molecular complexity index is 1710. The molecule has 2 amide bonds. The number of hydrogen-bond acceptors (Lipinski definition) is 6. The van der Waals surface area contributed by atoms with Crippen molar-refractivity contribution in [3.8, 4) is 16.3 Å². The average Bonchev–Trinajstić information content (AvgIpc) is 3.62. The second-order valence-electron chi connectivity index (χ2n) is 9.25. The Kier molecular flexibility index (Phi) is 8.11. The molecule has 0 unspecified atom stereocenters. The number of para-hydroxylation sites is 1. The molecule has 3 aromatic heterocycles. The molecule has 1 atom stereocenters. The number of nitrogens with zero attached hydrogens (tertiary/aromatic N) is 4. The van der Waals surface area contributed by atoms with Crippen LogP contribution < -0.4 is 10.2 Å². The van der Waals surface area contributed by atoms with E-state index < -0.39 is 0 Å². The van der Waals surface area contributed by atoms with E-state index in [4.69, 9.17) is 28.3 Å². The van der Waals surface area contributed by atoms with Gasteiger partial charge in [-0.3, -0.25) is 19.5 Å². The number of pyridine rings is 1. The van der Waals surface area contributed by atoms with Crippen molar-refractivity contribution in [1.82, 2.24) is 20.1 Å². The summed E-state index contributed by atoms with van der Waals surface area (Å²) in [6.07, 6.45) is 1.67. The molecule has 0 fully saturated rings. The van der Waals surface area contributed by atoms with E-state index in [1.165, 1.54) is 16.7 Å². The zero-order valence-electron chi connectivity index (χ0n) is 21.5. The molecule has 7 nitrogen and oxygen atoms in total. The number of nitrogens with one attached hydrogen (secondary N) is 1. The maximum absolute atomic E-state index is 13.8. The maximum atomic E-state index is 13.8. The molecule has 5 aromatic rings. The molecular weight excluding hydrogens is 597 g/mol. The summed E-state index contributed by atoms with van der Waals surface area (Å²) < 4.78 is 1.69. The average molecular weight is 621 g/mol. The number of carbonyl (C=O) groups excluding carboxylic acids is 2. The molecule has 6 rings (SSSR count). The van der Waals surface area contributed by atoms with Crippen LogP contribution in [0.4, 0.5) is 5.82 Å². The van der Waals surface area contributed by atoms with Crippen LogP contribution in [0.15, 0.2) is 90.4 Å². The summed E-state index contributed by atoms with van der Waals surface area (Å²) in [6.45, 7) is 0.0557. The van der Waals surface area contributed by atoms with Gasteiger partial charge in [-0.25, -0.2) is 4.68 Å². The van der Waals surface area contributed by atoms with E-state index in [-0.39, 0.29) is 35.9 Å². The number of hydrogen-bond donors (Lipinski definition) is 1.